The molecule has 23 heavy (non-hydrogen) atoms. The normalized spacial score (nSPS) is 19.9. The van der Waals surface area contributed by atoms with Crippen LogP contribution in [0.1, 0.15) is 19.8 Å². The van der Waals surface area contributed by atoms with Crippen molar-refractivity contribution in [1.29, 1.82) is 0 Å². The van der Waals surface area contributed by atoms with Gasteiger partial charge in [0.25, 0.3) is 0 Å². The fraction of sp³-hybridized carbons (Fsp3) is 0.412. The van der Waals surface area contributed by atoms with E-state index in [1.165, 1.54) is 0 Å². The van der Waals surface area contributed by atoms with Crippen LogP contribution in [-0.4, -0.2) is 47.2 Å². The van der Waals surface area contributed by atoms with E-state index >= 15 is 0 Å². The van der Waals surface area contributed by atoms with Gasteiger partial charge in [0.15, 0.2) is 5.60 Å². The first kappa shape index (κ1) is 15.4. The Bertz CT molecular complexity index is 621. The number of carbonyl (C=O) groups excluding carboxylic acids is 2. The second-order valence-corrected chi connectivity index (χ2v) is 5.72. The number of carbonyl (C=O) groups is 2. The number of hydrogen-bond acceptors (Lipinski definition) is 4. The van der Waals surface area contributed by atoms with Crippen LogP contribution in [-0.2, 0) is 4.74 Å². The van der Waals surface area contributed by atoms with Gasteiger partial charge in [0.1, 0.15) is 5.75 Å². The predicted octanol–water partition coefficient (Wildman–Crippen LogP) is 3.01. The Labute approximate surface area is 135 Å². The summed E-state index contributed by atoms with van der Waals surface area (Å²) >= 11 is 0. The average Bonchev–Trinajstić information content (AvgIpc) is 2.79. The first-order valence-corrected chi connectivity index (χ1v) is 7.77. The highest BCUT2D eigenvalue weighted by Gasteiger charge is 2.50. The fourth-order valence-electron chi connectivity index (χ4n) is 3.05. The Morgan fingerprint density at radius 1 is 1.30 bits per heavy atom. The van der Waals surface area contributed by atoms with Crippen molar-refractivity contribution in [3.63, 3.8) is 0 Å². The van der Waals surface area contributed by atoms with Crippen molar-refractivity contribution >= 4 is 12.2 Å². The van der Waals surface area contributed by atoms with E-state index in [1.807, 2.05) is 25.1 Å². The minimum absolute atomic E-state index is 0.349. The minimum atomic E-state index is -0.670. The van der Waals surface area contributed by atoms with Gasteiger partial charge in [0.05, 0.1) is 5.70 Å². The van der Waals surface area contributed by atoms with Crippen LogP contribution in [0.2, 0.25) is 0 Å². The summed E-state index contributed by atoms with van der Waals surface area (Å²) in [5.41, 5.74) is 0.0254. The monoisotopic (exact) mass is 316 g/mol. The van der Waals surface area contributed by atoms with Gasteiger partial charge in [-0.1, -0.05) is 24.8 Å². The molecule has 0 bridgehead atoms. The molecule has 0 aliphatic carbocycles. The molecule has 2 fully saturated rings. The molecule has 1 spiro atoms. The number of piperidine rings is 1. The SMILES string of the molecule is C=C1N(CC)C(=O)OC12CCN(C(=O)Oc1ccccc1)CC2. The molecule has 1 aromatic rings. The maximum Gasteiger partial charge on any atom is 0.415 e. The van der Waals surface area contributed by atoms with E-state index in [-0.39, 0.29) is 12.2 Å². The first-order valence-electron chi connectivity index (χ1n) is 7.77. The fourth-order valence-corrected chi connectivity index (χ4v) is 3.05. The van der Waals surface area contributed by atoms with Gasteiger partial charge in [-0.25, -0.2) is 9.59 Å². The van der Waals surface area contributed by atoms with E-state index in [4.69, 9.17) is 9.47 Å². The molecular formula is C17H20N2O4. The number of likely N-dealkylation sites (tertiary alicyclic amines) is 1. The molecule has 0 unspecified atom stereocenters. The van der Waals surface area contributed by atoms with E-state index in [9.17, 15) is 9.59 Å². The Balaban J connectivity index is 1.61. The molecule has 122 valence electrons. The molecule has 2 saturated heterocycles. The van der Waals surface area contributed by atoms with Crippen molar-refractivity contribution in [2.45, 2.75) is 25.4 Å². The Hall–Kier alpha value is -2.50. The lowest BCUT2D eigenvalue weighted by Crippen LogP contribution is -2.48. The maximum absolute atomic E-state index is 12.2. The lowest BCUT2D eigenvalue weighted by Gasteiger charge is -2.37. The zero-order valence-corrected chi connectivity index (χ0v) is 13.2. The summed E-state index contributed by atoms with van der Waals surface area (Å²) in [4.78, 5) is 27.3. The van der Waals surface area contributed by atoms with Gasteiger partial charge in [-0.05, 0) is 19.1 Å². The van der Waals surface area contributed by atoms with Gasteiger partial charge in [-0.3, -0.25) is 4.90 Å². The minimum Gasteiger partial charge on any atom is -0.436 e. The maximum atomic E-state index is 12.2. The summed E-state index contributed by atoms with van der Waals surface area (Å²) in [6.45, 7) is 7.38. The second kappa shape index (κ2) is 5.95. The molecular weight excluding hydrogens is 296 g/mol. The van der Waals surface area contributed by atoms with Crippen molar-refractivity contribution in [3.05, 3.63) is 42.6 Å². The number of benzene rings is 1. The smallest absolute Gasteiger partial charge is 0.415 e. The van der Waals surface area contributed by atoms with Crippen molar-refractivity contribution in [2.24, 2.45) is 0 Å². The molecule has 2 aliphatic heterocycles. The summed E-state index contributed by atoms with van der Waals surface area (Å²) in [5.74, 6) is 0.520. The van der Waals surface area contributed by atoms with Gasteiger partial charge in [-0.2, -0.15) is 0 Å². The van der Waals surface area contributed by atoms with Gasteiger partial charge in [0.2, 0.25) is 0 Å². The molecule has 6 heteroatoms. The van der Waals surface area contributed by atoms with Crippen LogP contribution in [0.15, 0.2) is 42.6 Å². The molecule has 2 heterocycles. The highest BCUT2D eigenvalue weighted by Crippen LogP contribution is 2.40. The number of amides is 2. The molecule has 2 aliphatic rings. The molecule has 0 atom stereocenters. The summed E-state index contributed by atoms with van der Waals surface area (Å²) in [6, 6.07) is 8.97. The third kappa shape index (κ3) is 2.76. The van der Waals surface area contributed by atoms with Crippen molar-refractivity contribution in [2.75, 3.05) is 19.6 Å². The molecule has 0 saturated carbocycles. The summed E-state index contributed by atoms with van der Waals surface area (Å²) in [6.07, 6.45) is 0.349. The number of rotatable bonds is 2. The summed E-state index contributed by atoms with van der Waals surface area (Å²) < 4.78 is 10.9. The van der Waals surface area contributed by atoms with Gasteiger partial charge < -0.3 is 14.4 Å². The topological polar surface area (TPSA) is 59.1 Å². The van der Waals surface area contributed by atoms with Gasteiger partial charge >= 0.3 is 12.2 Å². The van der Waals surface area contributed by atoms with Crippen LogP contribution in [0.4, 0.5) is 9.59 Å². The van der Waals surface area contributed by atoms with E-state index in [2.05, 4.69) is 6.58 Å². The second-order valence-electron chi connectivity index (χ2n) is 5.72. The lowest BCUT2D eigenvalue weighted by molar-refractivity contribution is 0.0187. The van der Waals surface area contributed by atoms with Crippen LogP contribution in [0.25, 0.3) is 0 Å². The van der Waals surface area contributed by atoms with E-state index < -0.39 is 5.60 Å². The number of hydrogen-bond donors (Lipinski definition) is 0. The highest BCUT2D eigenvalue weighted by atomic mass is 16.6. The average molecular weight is 316 g/mol. The van der Waals surface area contributed by atoms with Crippen LogP contribution in [0, 0.1) is 0 Å². The quantitative estimate of drug-likeness (QED) is 0.841. The molecule has 2 amide bonds. The zero-order valence-electron chi connectivity index (χ0n) is 13.2. The highest BCUT2D eigenvalue weighted by molar-refractivity contribution is 5.75. The Morgan fingerprint density at radius 3 is 2.52 bits per heavy atom. The van der Waals surface area contributed by atoms with Gasteiger partial charge in [-0.15, -0.1) is 0 Å². The number of ether oxygens (including phenoxy) is 2. The van der Waals surface area contributed by atoms with E-state index in [0.717, 1.165) is 0 Å². The van der Waals surface area contributed by atoms with Crippen LogP contribution >= 0.6 is 0 Å². The van der Waals surface area contributed by atoms with Crippen molar-refractivity contribution in [3.8, 4) is 5.75 Å². The summed E-state index contributed by atoms with van der Waals surface area (Å²) in [7, 11) is 0. The van der Waals surface area contributed by atoms with E-state index in [0.29, 0.717) is 43.9 Å². The molecule has 1 aromatic carbocycles. The van der Waals surface area contributed by atoms with E-state index in [1.54, 1.807) is 21.9 Å². The number of para-hydroxylation sites is 1. The van der Waals surface area contributed by atoms with Crippen LogP contribution < -0.4 is 4.74 Å². The van der Waals surface area contributed by atoms with Crippen molar-refractivity contribution in [1.82, 2.24) is 9.80 Å². The Kier molecular flexibility index (Phi) is 3.98. The first-order chi connectivity index (χ1) is 11.1. The predicted molar refractivity (Wildman–Crippen MR) is 84.0 cm³/mol. The zero-order chi connectivity index (χ0) is 16.4. The number of likely N-dealkylation sites (N-methyl/N-ethyl adjacent to an activating group) is 1. The third-order valence-corrected chi connectivity index (χ3v) is 4.45. The van der Waals surface area contributed by atoms with Gasteiger partial charge in [0, 0.05) is 32.5 Å². The standard InChI is InChI=1S/C17H20N2O4/c1-3-19-13(2)17(23-16(19)21)9-11-18(12-10-17)15(20)22-14-7-5-4-6-8-14/h4-8H,2-3,9-12H2,1H3. The molecule has 6 nitrogen and oxygen atoms in total. The largest absolute Gasteiger partial charge is 0.436 e. The molecule has 0 aromatic heterocycles. The third-order valence-electron chi connectivity index (χ3n) is 4.45. The number of nitrogens with zero attached hydrogens (tertiary/aromatic N) is 2. The lowest BCUT2D eigenvalue weighted by atomic mass is 9.88. The van der Waals surface area contributed by atoms with Crippen LogP contribution in [0.3, 0.4) is 0 Å². The van der Waals surface area contributed by atoms with Crippen molar-refractivity contribution < 1.29 is 19.1 Å². The summed E-state index contributed by atoms with van der Waals surface area (Å²) in [5, 5.41) is 0. The molecule has 0 radical (unpaired) electrons. The van der Waals surface area contributed by atoms with Crippen LogP contribution in [0.5, 0.6) is 5.75 Å². The molecule has 0 N–H and O–H groups in total. The molecule has 3 rings (SSSR count). The Morgan fingerprint density at radius 2 is 1.96 bits per heavy atom.